The number of fused-ring (bicyclic) bond motifs is 1. The first-order valence-corrected chi connectivity index (χ1v) is 12.6. The fourth-order valence-corrected chi connectivity index (χ4v) is 4.95. The molecule has 2 N–H and O–H groups in total. The van der Waals surface area contributed by atoms with Crippen LogP contribution in [0, 0.1) is 0 Å². The van der Waals surface area contributed by atoms with Crippen molar-refractivity contribution in [1.29, 1.82) is 0 Å². The van der Waals surface area contributed by atoms with Crippen molar-refractivity contribution < 1.29 is 9.53 Å². The average molecular weight is 465 g/mol. The van der Waals surface area contributed by atoms with Crippen molar-refractivity contribution in [3.8, 4) is 11.3 Å². The molecule has 1 fully saturated rings. The van der Waals surface area contributed by atoms with E-state index in [0.717, 1.165) is 39.0 Å². The number of anilines is 1. The van der Waals surface area contributed by atoms with Crippen LogP contribution in [0.4, 0.5) is 5.69 Å². The monoisotopic (exact) mass is 464 g/mol. The summed E-state index contributed by atoms with van der Waals surface area (Å²) in [5.41, 5.74) is 7.11. The summed E-state index contributed by atoms with van der Waals surface area (Å²) >= 11 is 0. The highest BCUT2D eigenvalue weighted by atomic mass is 16.5. The van der Waals surface area contributed by atoms with Crippen molar-refractivity contribution in [2.24, 2.45) is 0 Å². The zero-order chi connectivity index (χ0) is 24.0. The van der Waals surface area contributed by atoms with Crippen LogP contribution >= 0.6 is 0 Å². The third-order valence-electron chi connectivity index (χ3n) is 6.72. The van der Waals surface area contributed by atoms with Crippen molar-refractivity contribution in [2.45, 2.75) is 45.3 Å². The molecule has 178 valence electrons. The van der Waals surface area contributed by atoms with E-state index in [4.69, 9.17) is 4.74 Å². The Morgan fingerprint density at radius 3 is 2.46 bits per heavy atom. The van der Waals surface area contributed by atoms with E-state index >= 15 is 0 Å². The molecule has 1 saturated carbocycles. The van der Waals surface area contributed by atoms with Crippen molar-refractivity contribution in [3.63, 3.8) is 0 Å². The topological polar surface area (TPSA) is 54.1 Å². The number of allylic oxidation sites excluding steroid dienone is 1. The molecule has 1 aromatic heterocycles. The fourth-order valence-electron chi connectivity index (χ4n) is 4.95. The van der Waals surface area contributed by atoms with Gasteiger partial charge in [0.2, 0.25) is 0 Å². The van der Waals surface area contributed by atoms with Crippen LogP contribution in [0.5, 0.6) is 0 Å². The smallest absolute Gasteiger partial charge is 0.185 e. The number of hydrogen-bond donors (Lipinski definition) is 2. The minimum Gasteiger partial charge on any atom is -0.381 e. The van der Waals surface area contributed by atoms with Crippen molar-refractivity contribution in [1.82, 2.24) is 4.98 Å². The van der Waals surface area contributed by atoms with Gasteiger partial charge in [-0.05, 0) is 55.2 Å². The fraction of sp³-hybridized carbons (Fsp3) is 0.258. The van der Waals surface area contributed by atoms with Crippen LogP contribution < -0.4 is 5.32 Å². The van der Waals surface area contributed by atoms with Gasteiger partial charge in [-0.2, -0.15) is 0 Å². The average Bonchev–Trinajstić information content (AvgIpc) is 3.55. The third kappa shape index (κ3) is 5.23. The predicted molar refractivity (Wildman–Crippen MR) is 145 cm³/mol. The normalized spacial score (nSPS) is 14.2. The highest BCUT2D eigenvalue weighted by Crippen LogP contribution is 2.37. The highest BCUT2D eigenvalue weighted by Gasteiger charge is 2.20. The maximum atomic E-state index is 12.9. The quantitative estimate of drug-likeness (QED) is 0.198. The van der Waals surface area contributed by atoms with E-state index in [1.807, 2.05) is 61.5 Å². The number of aromatic nitrogens is 1. The lowest BCUT2D eigenvalue weighted by atomic mass is 10.0. The van der Waals surface area contributed by atoms with E-state index in [1.54, 1.807) is 6.08 Å². The van der Waals surface area contributed by atoms with Gasteiger partial charge < -0.3 is 15.0 Å². The van der Waals surface area contributed by atoms with Gasteiger partial charge in [0.25, 0.3) is 0 Å². The van der Waals surface area contributed by atoms with Crippen LogP contribution in [0.15, 0.2) is 78.9 Å². The predicted octanol–water partition coefficient (Wildman–Crippen LogP) is 7.62. The number of benzene rings is 3. The van der Waals surface area contributed by atoms with Crippen LogP contribution in [0.1, 0.15) is 54.1 Å². The van der Waals surface area contributed by atoms with E-state index in [2.05, 4.69) is 34.6 Å². The summed E-state index contributed by atoms with van der Waals surface area (Å²) in [6.07, 6.45) is 8.58. The molecule has 0 radical (unpaired) electrons. The van der Waals surface area contributed by atoms with E-state index in [1.165, 1.54) is 25.7 Å². The molecular formula is C31H32N2O2. The lowest BCUT2D eigenvalue weighted by Crippen LogP contribution is -2.15. The van der Waals surface area contributed by atoms with Crippen LogP contribution in [0.3, 0.4) is 0 Å². The molecule has 0 spiro atoms. The molecule has 0 unspecified atom stereocenters. The van der Waals surface area contributed by atoms with E-state index < -0.39 is 0 Å². The van der Waals surface area contributed by atoms with Gasteiger partial charge in [0.1, 0.15) is 0 Å². The minimum absolute atomic E-state index is 0.00580. The molecule has 0 aliphatic heterocycles. The van der Waals surface area contributed by atoms with Crippen molar-refractivity contribution in [2.75, 3.05) is 11.9 Å². The molecule has 3 aromatic carbocycles. The van der Waals surface area contributed by atoms with Gasteiger partial charge in [0, 0.05) is 29.2 Å². The van der Waals surface area contributed by atoms with Crippen molar-refractivity contribution >= 4 is 28.4 Å². The Morgan fingerprint density at radius 1 is 1.03 bits per heavy atom. The molecule has 5 rings (SSSR count). The number of carbonyl (C=O) groups is 1. The lowest BCUT2D eigenvalue weighted by Gasteiger charge is -2.16. The third-order valence-corrected chi connectivity index (χ3v) is 6.72. The van der Waals surface area contributed by atoms with Gasteiger partial charge in [-0.15, -0.1) is 0 Å². The van der Waals surface area contributed by atoms with Crippen LogP contribution in [-0.4, -0.2) is 23.4 Å². The molecule has 0 bridgehead atoms. The molecule has 35 heavy (non-hydrogen) atoms. The second-order valence-electron chi connectivity index (χ2n) is 9.17. The molecule has 4 nitrogen and oxygen atoms in total. The number of nitrogens with one attached hydrogen (secondary N) is 2. The summed E-state index contributed by atoms with van der Waals surface area (Å²) < 4.78 is 5.77. The number of ether oxygens (including phenoxy) is 1. The second kappa shape index (κ2) is 10.7. The highest BCUT2D eigenvalue weighted by molar-refractivity contribution is 6.10. The largest absolute Gasteiger partial charge is 0.381 e. The van der Waals surface area contributed by atoms with Gasteiger partial charge in [-0.25, -0.2) is 0 Å². The number of hydrogen-bond acceptors (Lipinski definition) is 3. The Hall–Kier alpha value is -3.63. The summed E-state index contributed by atoms with van der Waals surface area (Å²) in [5.74, 6) is -0.00580. The Labute approximate surface area is 207 Å². The Morgan fingerprint density at radius 2 is 1.74 bits per heavy atom. The van der Waals surface area contributed by atoms with Gasteiger partial charge in [-0.3, -0.25) is 4.79 Å². The second-order valence-corrected chi connectivity index (χ2v) is 9.17. The van der Waals surface area contributed by atoms with Gasteiger partial charge in [0.15, 0.2) is 5.78 Å². The van der Waals surface area contributed by atoms with Crippen molar-refractivity contribution in [3.05, 3.63) is 95.6 Å². The van der Waals surface area contributed by atoms with Crippen LogP contribution in [0.25, 0.3) is 28.2 Å². The number of carbonyl (C=O) groups excluding carboxylic acids is 1. The summed E-state index contributed by atoms with van der Waals surface area (Å²) in [5, 5.41) is 4.90. The molecule has 1 aliphatic rings. The first kappa shape index (κ1) is 23.1. The SMILES string of the molecule is CCOCc1cc(NC2CCCC2)c2[nH]c(-c3ccccc3)c(/C=C/C(=O)c3ccccc3)c2c1. The van der Waals surface area contributed by atoms with Gasteiger partial charge in [0.05, 0.1) is 23.5 Å². The molecule has 0 saturated heterocycles. The zero-order valence-electron chi connectivity index (χ0n) is 20.2. The Kier molecular flexibility index (Phi) is 7.10. The first-order valence-electron chi connectivity index (χ1n) is 12.6. The minimum atomic E-state index is -0.00580. The zero-order valence-corrected chi connectivity index (χ0v) is 20.2. The maximum Gasteiger partial charge on any atom is 0.185 e. The summed E-state index contributed by atoms with van der Waals surface area (Å²) in [4.78, 5) is 16.6. The molecule has 1 aliphatic carbocycles. The number of aromatic amines is 1. The molecule has 1 heterocycles. The number of ketones is 1. The van der Waals surface area contributed by atoms with Crippen LogP contribution in [-0.2, 0) is 11.3 Å². The van der Waals surface area contributed by atoms with E-state index in [0.29, 0.717) is 24.8 Å². The van der Waals surface area contributed by atoms with Gasteiger partial charge >= 0.3 is 0 Å². The molecule has 4 heteroatoms. The van der Waals surface area contributed by atoms with E-state index in [-0.39, 0.29) is 5.78 Å². The summed E-state index contributed by atoms with van der Waals surface area (Å²) in [7, 11) is 0. The maximum absolute atomic E-state index is 12.9. The summed E-state index contributed by atoms with van der Waals surface area (Å²) in [6, 6.07) is 24.6. The van der Waals surface area contributed by atoms with E-state index in [9.17, 15) is 4.79 Å². The van der Waals surface area contributed by atoms with Crippen LogP contribution in [0.2, 0.25) is 0 Å². The number of rotatable bonds is 9. The first-order chi connectivity index (χ1) is 17.2. The molecular weight excluding hydrogens is 432 g/mol. The Bertz CT molecular complexity index is 1320. The Balaban J connectivity index is 1.64. The van der Waals surface area contributed by atoms with Gasteiger partial charge in [-0.1, -0.05) is 73.5 Å². The molecule has 0 amide bonds. The standard InChI is InChI=1S/C31H32N2O2/c1-2-35-21-22-19-27-26(17-18-29(34)23-11-5-3-6-12-23)30(24-13-7-4-8-14-24)33-31(27)28(20-22)32-25-15-9-10-16-25/h3-8,11-14,17-20,25,32-33H,2,9-10,15-16,21H2,1H3/b18-17+. The molecule has 4 aromatic rings. The molecule has 0 atom stereocenters. The number of H-pyrrole nitrogens is 1. The lowest BCUT2D eigenvalue weighted by molar-refractivity contribution is 0.104. The summed E-state index contributed by atoms with van der Waals surface area (Å²) in [6.45, 7) is 3.25.